The van der Waals surface area contributed by atoms with Crippen molar-refractivity contribution in [1.29, 1.82) is 0 Å². The number of benzene rings is 2. The summed E-state index contributed by atoms with van der Waals surface area (Å²) in [5, 5.41) is 16.3. The highest BCUT2D eigenvalue weighted by Gasteiger charge is 2.57. The minimum absolute atomic E-state index is 0.0176. The summed E-state index contributed by atoms with van der Waals surface area (Å²) in [6.45, 7) is 1.25. The number of amides is 1. The molecule has 3 aromatic rings. The van der Waals surface area contributed by atoms with E-state index < -0.39 is 41.3 Å². The van der Waals surface area contributed by atoms with Crippen LogP contribution in [-0.4, -0.2) is 48.5 Å². The van der Waals surface area contributed by atoms with Gasteiger partial charge in [-0.1, -0.05) is 11.6 Å². The van der Waals surface area contributed by atoms with E-state index >= 15 is 0 Å². The highest BCUT2D eigenvalue weighted by atomic mass is 35.5. The number of carbonyl (C=O) groups is 1. The lowest BCUT2D eigenvalue weighted by Crippen LogP contribution is -2.53. The molecule has 1 amide bonds. The van der Waals surface area contributed by atoms with Gasteiger partial charge in [0.25, 0.3) is 5.91 Å². The number of nitrogens with one attached hydrogen (secondary N) is 2. The highest BCUT2D eigenvalue weighted by Crippen LogP contribution is 2.42. The zero-order chi connectivity index (χ0) is 29.6. The Kier molecular flexibility index (Phi) is 7.65. The summed E-state index contributed by atoms with van der Waals surface area (Å²) in [7, 11) is 1.39. The molecule has 2 fully saturated rings. The number of nitrogens with zero attached hydrogens (tertiary/aromatic N) is 1. The first-order valence-electron chi connectivity index (χ1n) is 13.0. The van der Waals surface area contributed by atoms with Crippen LogP contribution in [0.1, 0.15) is 47.8 Å². The molecule has 218 valence electrons. The van der Waals surface area contributed by atoms with Crippen molar-refractivity contribution >= 4 is 17.5 Å². The lowest BCUT2D eigenvalue weighted by atomic mass is 9.81. The minimum Gasteiger partial charge on any atom is -0.493 e. The van der Waals surface area contributed by atoms with E-state index in [1.54, 1.807) is 6.07 Å². The molecule has 2 heterocycles. The lowest BCUT2D eigenvalue weighted by Gasteiger charge is -2.41. The maximum atomic E-state index is 14.6. The molecule has 2 atom stereocenters. The monoisotopic (exact) mass is 593 g/mol. The van der Waals surface area contributed by atoms with Crippen molar-refractivity contribution in [3.8, 4) is 22.8 Å². The number of carbonyl (C=O) groups excluding carboxylic acids is 1. The fourth-order valence-corrected chi connectivity index (χ4v) is 4.71. The fourth-order valence-electron chi connectivity index (χ4n) is 4.53. The van der Waals surface area contributed by atoms with E-state index in [1.807, 2.05) is 6.92 Å². The molecule has 0 spiro atoms. The zero-order valence-electron chi connectivity index (χ0n) is 22.2. The molecule has 2 aromatic carbocycles. The summed E-state index contributed by atoms with van der Waals surface area (Å²) in [6, 6.07) is 10.7. The Morgan fingerprint density at radius 2 is 1.90 bits per heavy atom. The number of methoxy groups -OCH3 is 1. The van der Waals surface area contributed by atoms with Crippen LogP contribution < -0.4 is 20.1 Å². The maximum Gasteiger partial charge on any atom is 0.424 e. The highest BCUT2D eigenvalue weighted by molar-refractivity contribution is 6.31. The summed E-state index contributed by atoms with van der Waals surface area (Å²) in [6.07, 6.45) is -2.72. The Bertz CT molecular complexity index is 1480. The SMILES string of the molecule is COc1cc(C(=O)NCC(O)(c2cc([C@]3(C)CCN3)cc(-c3ccc(F)c(Cl)c3)n2)C(F)(F)F)ccc1OC1CC1. The predicted molar refractivity (Wildman–Crippen MR) is 144 cm³/mol. The third-order valence-corrected chi connectivity index (χ3v) is 7.75. The molecule has 2 aliphatic rings. The fraction of sp³-hybridized carbons (Fsp3) is 0.379. The van der Waals surface area contributed by atoms with E-state index in [-0.39, 0.29) is 33.7 Å². The van der Waals surface area contributed by atoms with Gasteiger partial charge in [0.1, 0.15) is 5.82 Å². The number of halogens is 5. The van der Waals surface area contributed by atoms with E-state index in [9.17, 15) is 27.5 Å². The maximum absolute atomic E-state index is 14.6. The van der Waals surface area contributed by atoms with E-state index in [1.165, 1.54) is 43.5 Å². The molecule has 1 aliphatic carbocycles. The molecule has 1 aliphatic heterocycles. The van der Waals surface area contributed by atoms with E-state index in [0.717, 1.165) is 18.9 Å². The minimum atomic E-state index is -5.22. The Morgan fingerprint density at radius 1 is 1.17 bits per heavy atom. The average Bonchev–Trinajstić information content (AvgIpc) is 3.75. The van der Waals surface area contributed by atoms with E-state index in [0.29, 0.717) is 24.3 Å². The normalized spacial score (nSPS) is 20.1. The third-order valence-electron chi connectivity index (χ3n) is 7.46. The van der Waals surface area contributed by atoms with Crippen LogP contribution in [0.4, 0.5) is 17.6 Å². The first kappa shape index (κ1) is 29.1. The van der Waals surface area contributed by atoms with Gasteiger partial charge < -0.3 is 25.2 Å². The van der Waals surface area contributed by atoms with Gasteiger partial charge in [-0.05, 0) is 86.8 Å². The molecule has 1 saturated heterocycles. The summed E-state index contributed by atoms with van der Waals surface area (Å²) in [5.74, 6) is -0.879. The number of rotatable bonds is 9. The van der Waals surface area contributed by atoms with Crippen molar-refractivity contribution < 1.29 is 36.9 Å². The number of ether oxygens (including phenoxy) is 2. The Balaban J connectivity index is 1.48. The van der Waals surface area contributed by atoms with Gasteiger partial charge in [-0.15, -0.1) is 0 Å². The van der Waals surface area contributed by atoms with E-state index in [4.69, 9.17) is 21.1 Å². The van der Waals surface area contributed by atoms with Gasteiger partial charge in [-0.3, -0.25) is 4.79 Å². The lowest BCUT2D eigenvalue weighted by molar-refractivity contribution is -0.265. The second-order valence-electron chi connectivity index (χ2n) is 10.5. The van der Waals surface area contributed by atoms with Crippen molar-refractivity contribution in [3.05, 3.63) is 76.2 Å². The van der Waals surface area contributed by atoms with Gasteiger partial charge in [0.15, 0.2) is 11.5 Å². The average molecular weight is 594 g/mol. The predicted octanol–water partition coefficient (Wildman–Crippen LogP) is 5.48. The van der Waals surface area contributed by atoms with Gasteiger partial charge in [0, 0.05) is 16.7 Å². The summed E-state index contributed by atoms with van der Waals surface area (Å²) in [5.41, 5.74) is -4.18. The van der Waals surface area contributed by atoms with Crippen molar-refractivity contribution in [2.45, 2.75) is 49.6 Å². The number of hydrogen-bond acceptors (Lipinski definition) is 6. The Labute approximate surface area is 238 Å². The quantitative estimate of drug-likeness (QED) is 0.285. The molecule has 1 unspecified atom stereocenters. The van der Waals surface area contributed by atoms with Crippen LogP contribution in [0.3, 0.4) is 0 Å². The van der Waals surface area contributed by atoms with Crippen LogP contribution >= 0.6 is 11.6 Å². The number of aliphatic hydroxyl groups is 1. The van der Waals surface area contributed by atoms with Crippen LogP contribution in [-0.2, 0) is 11.1 Å². The molecule has 1 aromatic heterocycles. The standard InChI is InChI=1S/C29H28ClF4N3O4/c1-27(9-10-36-27)18-13-22(16-3-7-21(31)20(30)11-16)37-25(14-18)28(39,29(32,33)34)15-35-26(38)17-4-8-23(24(12-17)40-2)41-19-5-6-19/h3-4,7-8,11-14,19,36,39H,5-6,9-10,15H2,1-2H3,(H,35,38)/t27-,28?/m0/s1. The van der Waals surface area contributed by atoms with Crippen molar-refractivity contribution in [2.75, 3.05) is 20.2 Å². The van der Waals surface area contributed by atoms with Crippen LogP contribution in [0.25, 0.3) is 11.3 Å². The Hall–Kier alpha value is -3.41. The number of pyridine rings is 1. The molecule has 5 rings (SSSR count). The van der Waals surface area contributed by atoms with Crippen molar-refractivity contribution in [1.82, 2.24) is 15.6 Å². The van der Waals surface area contributed by atoms with Gasteiger partial charge >= 0.3 is 6.18 Å². The number of alkyl halides is 3. The van der Waals surface area contributed by atoms with Crippen LogP contribution in [0.2, 0.25) is 5.02 Å². The van der Waals surface area contributed by atoms with Gasteiger partial charge in [-0.25, -0.2) is 9.37 Å². The third kappa shape index (κ3) is 5.84. The molecule has 0 bridgehead atoms. The summed E-state index contributed by atoms with van der Waals surface area (Å²) in [4.78, 5) is 17.1. The van der Waals surface area contributed by atoms with Crippen LogP contribution in [0.5, 0.6) is 11.5 Å². The number of aromatic nitrogens is 1. The molecular formula is C29H28ClF4N3O4. The first-order valence-corrected chi connectivity index (χ1v) is 13.4. The second-order valence-corrected chi connectivity index (χ2v) is 10.9. The van der Waals surface area contributed by atoms with Crippen molar-refractivity contribution in [3.63, 3.8) is 0 Å². The second kappa shape index (κ2) is 10.8. The first-order chi connectivity index (χ1) is 19.3. The molecule has 41 heavy (non-hydrogen) atoms. The molecule has 1 saturated carbocycles. The Morgan fingerprint density at radius 3 is 2.49 bits per heavy atom. The summed E-state index contributed by atoms with van der Waals surface area (Å²) >= 11 is 5.93. The van der Waals surface area contributed by atoms with Gasteiger partial charge in [0.2, 0.25) is 5.60 Å². The van der Waals surface area contributed by atoms with E-state index in [2.05, 4.69) is 15.6 Å². The largest absolute Gasteiger partial charge is 0.493 e. The topological polar surface area (TPSA) is 92.7 Å². The van der Waals surface area contributed by atoms with Crippen LogP contribution in [0.15, 0.2) is 48.5 Å². The number of hydrogen-bond donors (Lipinski definition) is 3. The molecule has 12 heteroatoms. The molecule has 3 N–H and O–H groups in total. The summed E-state index contributed by atoms with van der Waals surface area (Å²) < 4.78 is 68.5. The van der Waals surface area contributed by atoms with Gasteiger partial charge in [0.05, 0.1) is 36.2 Å². The van der Waals surface area contributed by atoms with Gasteiger partial charge in [-0.2, -0.15) is 13.2 Å². The molecule has 7 nitrogen and oxygen atoms in total. The molecule has 0 radical (unpaired) electrons. The zero-order valence-corrected chi connectivity index (χ0v) is 23.0. The smallest absolute Gasteiger partial charge is 0.424 e. The molecular weight excluding hydrogens is 566 g/mol. The van der Waals surface area contributed by atoms with Crippen LogP contribution in [0, 0.1) is 5.82 Å². The van der Waals surface area contributed by atoms with Crippen molar-refractivity contribution in [2.24, 2.45) is 0 Å².